The van der Waals surface area contributed by atoms with Gasteiger partial charge in [0.25, 0.3) is 5.91 Å². The number of benzene rings is 1. The van der Waals surface area contributed by atoms with Crippen LogP contribution in [-0.2, 0) is 9.59 Å². The average molecular weight is 220 g/mol. The monoisotopic (exact) mass is 220 g/mol. The Kier molecular flexibility index (Phi) is 2.68. The molecule has 0 aliphatic carbocycles. The Labute approximate surface area is 91.1 Å². The number of nitrogens with one attached hydrogen (secondary N) is 2. The summed E-state index contributed by atoms with van der Waals surface area (Å²) < 4.78 is 12.6. The first-order valence-corrected chi connectivity index (χ1v) is 4.70. The van der Waals surface area contributed by atoms with E-state index in [0.717, 1.165) is 0 Å². The molecule has 1 aliphatic heterocycles. The molecule has 5 heteroatoms. The minimum Gasteiger partial charge on any atom is -0.342 e. The minimum atomic E-state index is -0.348. The summed E-state index contributed by atoms with van der Waals surface area (Å²) in [6.07, 6.45) is 1.49. The molecule has 1 fully saturated rings. The van der Waals surface area contributed by atoms with Gasteiger partial charge in [-0.05, 0) is 23.8 Å². The van der Waals surface area contributed by atoms with E-state index in [-0.39, 0.29) is 29.9 Å². The predicted octanol–water partition coefficient (Wildman–Crippen LogP) is 0.413. The smallest absolute Gasteiger partial charge is 0.268 e. The van der Waals surface area contributed by atoms with Gasteiger partial charge < -0.3 is 10.6 Å². The first kappa shape index (κ1) is 10.4. The molecule has 0 saturated carbocycles. The van der Waals surface area contributed by atoms with E-state index in [2.05, 4.69) is 10.6 Å². The molecule has 0 aromatic heterocycles. The number of rotatable bonds is 1. The molecule has 2 amide bonds. The van der Waals surface area contributed by atoms with Gasteiger partial charge in [0.15, 0.2) is 0 Å². The number of halogens is 1. The van der Waals surface area contributed by atoms with E-state index >= 15 is 0 Å². The van der Waals surface area contributed by atoms with E-state index in [1.165, 1.54) is 30.3 Å². The molecule has 82 valence electrons. The predicted molar refractivity (Wildman–Crippen MR) is 55.5 cm³/mol. The Hall–Kier alpha value is -2.17. The molecule has 1 heterocycles. The third-order valence-corrected chi connectivity index (χ3v) is 2.11. The van der Waals surface area contributed by atoms with Gasteiger partial charge in [-0.25, -0.2) is 4.39 Å². The molecular weight excluding hydrogens is 211 g/mol. The maximum Gasteiger partial charge on any atom is 0.268 e. The van der Waals surface area contributed by atoms with Gasteiger partial charge in [0, 0.05) is 0 Å². The molecular formula is C11H9FN2O2. The van der Waals surface area contributed by atoms with Crippen molar-refractivity contribution in [3.8, 4) is 0 Å². The van der Waals surface area contributed by atoms with E-state index in [9.17, 15) is 14.0 Å². The summed E-state index contributed by atoms with van der Waals surface area (Å²) in [5.41, 5.74) is 0.816. The van der Waals surface area contributed by atoms with Gasteiger partial charge in [-0.1, -0.05) is 12.1 Å². The van der Waals surface area contributed by atoms with Crippen molar-refractivity contribution >= 4 is 17.9 Å². The van der Waals surface area contributed by atoms with E-state index in [1.54, 1.807) is 0 Å². The highest BCUT2D eigenvalue weighted by atomic mass is 19.1. The van der Waals surface area contributed by atoms with Crippen molar-refractivity contribution in [3.63, 3.8) is 0 Å². The SMILES string of the molecule is O=C1CNC(=O)/C(=C\c2ccc(F)cc2)N1. The Morgan fingerprint density at radius 2 is 1.88 bits per heavy atom. The van der Waals surface area contributed by atoms with Crippen LogP contribution >= 0.6 is 0 Å². The molecule has 0 bridgehead atoms. The van der Waals surface area contributed by atoms with Crippen LogP contribution in [0.2, 0.25) is 0 Å². The van der Waals surface area contributed by atoms with Gasteiger partial charge in [0.2, 0.25) is 5.91 Å². The summed E-state index contributed by atoms with van der Waals surface area (Å²) in [5.74, 6) is -0.962. The van der Waals surface area contributed by atoms with Crippen molar-refractivity contribution < 1.29 is 14.0 Å². The molecule has 2 rings (SSSR count). The summed E-state index contributed by atoms with van der Waals surface area (Å²) in [6, 6.07) is 5.62. The number of hydrogen-bond donors (Lipinski definition) is 2. The van der Waals surface area contributed by atoms with Crippen LogP contribution in [0.3, 0.4) is 0 Å². The van der Waals surface area contributed by atoms with Crippen molar-refractivity contribution in [2.45, 2.75) is 0 Å². The maximum atomic E-state index is 12.6. The van der Waals surface area contributed by atoms with Crippen LogP contribution in [0.15, 0.2) is 30.0 Å². The average Bonchev–Trinajstić information content (AvgIpc) is 2.27. The number of hydrogen-bond acceptors (Lipinski definition) is 2. The van der Waals surface area contributed by atoms with Crippen molar-refractivity contribution in [1.29, 1.82) is 0 Å². The van der Waals surface area contributed by atoms with Crippen LogP contribution in [0, 0.1) is 5.82 Å². The van der Waals surface area contributed by atoms with Crippen LogP contribution in [0.5, 0.6) is 0 Å². The Morgan fingerprint density at radius 3 is 2.56 bits per heavy atom. The first-order chi connectivity index (χ1) is 7.65. The van der Waals surface area contributed by atoms with E-state index in [0.29, 0.717) is 5.56 Å². The van der Waals surface area contributed by atoms with Gasteiger partial charge in [-0.3, -0.25) is 9.59 Å². The van der Waals surface area contributed by atoms with Crippen LogP contribution in [0.25, 0.3) is 6.08 Å². The van der Waals surface area contributed by atoms with Crippen molar-refractivity contribution in [3.05, 3.63) is 41.3 Å². The minimum absolute atomic E-state index is 0.0143. The van der Waals surface area contributed by atoms with Crippen LogP contribution in [0.4, 0.5) is 4.39 Å². The zero-order valence-electron chi connectivity index (χ0n) is 8.29. The molecule has 1 aliphatic rings. The van der Waals surface area contributed by atoms with Crippen molar-refractivity contribution in [2.24, 2.45) is 0 Å². The Morgan fingerprint density at radius 1 is 1.19 bits per heavy atom. The summed E-state index contributed by atoms with van der Waals surface area (Å²) in [7, 11) is 0. The lowest BCUT2D eigenvalue weighted by atomic mass is 10.1. The molecule has 4 nitrogen and oxygen atoms in total. The lowest BCUT2D eigenvalue weighted by Gasteiger charge is -2.15. The zero-order chi connectivity index (χ0) is 11.5. The zero-order valence-corrected chi connectivity index (χ0v) is 8.29. The van der Waals surface area contributed by atoms with Crippen molar-refractivity contribution in [2.75, 3.05) is 6.54 Å². The summed E-state index contributed by atoms with van der Waals surface area (Å²) in [6.45, 7) is -0.0143. The van der Waals surface area contributed by atoms with Crippen molar-refractivity contribution in [1.82, 2.24) is 10.6 Å². The molecule has 0 atom stereocenters. The topological polar surface area (TPSA) is 58.2 Å². The fourth-order valence-corrected chi connectivity index (χ4v) is 1.33. The second-order valence-corrected chi connectivity index (χ2v) is 3.34. The fourth-order valence-electron chi connectivity index (χ4n) is 1.33. The highest BCUT2D eigenvalue weighted by Gasteiger charge is 2.18. The highest BCUT2D eigenvalue weighted by molar-refractivity contribution is 6.05. The molecule has 0 unspecified atom stereocenters. The second-order valence-electron chi connectivity index (χ2n) is 3.34. The number of amides is 2. The normalized spacial score (nSPS) is 18.2. The van der Waals surface area contributed by atoms with Gasteiger partial charge in [0.1, 0.15) is 11.5 Å². The number of carbonyl (C=O) groups is 2. The standard InChI is InChI=1S/C11H9FN2O2/c12-8-3-1-7(2-4-8)5-9-11(16)13-6-10(15)14-9/h1-5H,6H2,(H,13,16)(H,14,15)/b9-5+. The Bertz CT molecular complexity index is 465. The van der Waals surface area contributed by atoms with Crippen LogP contribution < -0.4 is 10.6 Å². The van der Waals surface area contributed by atoms with E-state index in [1.807, 2.05) is 0 Å². The summed E-state index contributed by atoms with van der Waals surface area (Å²) in [4.78, 5) is 22.4. The number of carbonyl (C=O) groups excluding carboxylic acids is 2. The highest BCUT2D eigenvalue weighted by Crippen LogP contribution is 2.08. The van der Waals surface area contributed by atoms with Gasteiger partial charge in [0.05, 0.1) is 6.54 Å². The fraction of sp³-hybridized carbons (Fsp3) is 0.0909. The molecule has 1 saturated heterocycles. The molecule has 0 spiro atoms. The van der Waals surface area contributed by atoms with E-state index < -0.39 is 0 Å². The lowest BCUT2D eigenvalue weighted by Crippen LogP contribution is -2.46. The first-order valence-electron chi connectivity index (χ1n) is 4.70. The van der Waals surface area contributed by atoms with Crippen LogP contribution in [-0.4, -0.2) is 18.4 Å². The summed E-state index contributed by atoms with van der Waals surface area (Å²) in [5, 5.41) is 4.87. The van der Waals surface area contributed by atoms with Crippen LogP contribution in [0.1, 0.15) is 5.56 Å². The summed E-state index contributed by atoms with van der Waals surface area (Å²) >= 11 is 0. The van der Waals surface area contributed by atoms with Gasteiger partial charge in [-0.2, -0.15) is 0 Å². The molecule has 2 N–H and O–H groups in total. The van der Waals surface area contributed by atoms with Gasteiger partial charge in [-0.15, -0.1) is 0 Å². The maximum absolute atomic E-state index is 12.6. The quantitative estimate of drug-likeness (QED) is 0.673. The Balaban J connectivity index is 2.25. The molecule has 0 radical (unpaired) electrons. The second kappa shape index (κ2) is 4.14. The third kappa shape index (κ3) is 2.25. The molecule has 16 heavy (non-hydrogen) atoms. The molecule has 1 aromatic rings. The van der Waals surface area contributed by atoms with E-state index in [4.69, 9.17) is 0 Å². The van der Waals surface area contributed by atoms with Gasteiger partial charge >= 0.3 is 0 Å². The lowest BCUT2D eigenvalue weighted by molar-refractivity contribution is -0.127. The third-order valence-electron chi connectivity index (χ3n) is 2.11. The molecule has 1 aromatic carbocycles. The number of piperazine rings is 1. The largest absolute Gasteiger partial charge is 0.342 e.